The van der Waals surface area contributed by atoms with Gasteiger partial charge < -0.3 is 14.8 Å². The number of nitrogens with one attached hydrogen (secondary N) is 1. The second-order valence-electron chi connectivity index (χ2n) is 2.58. The standard InChI is InChI=1S/C8H12Cl2FNO4/c1-2-15-8(14)16-5(3-4-11)12-7(13)6(9)10/h5-6H,2-4H2,1H3,(H,12,13). The molecule has 1 atom stereocenters. The molecule has 0 aliphatic carbocycles. The number of carbonyl (C=O) groups is 2. The van der Waals surface area contributed by atoms with E-state index in [-0.39, 0.29) is 13.0 Å². The second-order valence-corrected chi connectivity index (χ2v) is 3.67. The van der Waals surface area contributed by atoms with Crippen LogP contribution in [0.5, 0.6) is 0 Å². The van der Waals surface area contributed by atoms with E-state index in [0.29, 0.717) is 0 Å². The number of ether oxygens (including phenoxy) is 2. The summed E-state index contributed by atoms with van der Waals surface area (Å²) in [6.45, 7) is 0.917. The number of hydrogen-bond acceptors (Lipinski definition) is 4. The lowest BCUT2D eigenvalue weighted by Gasteiger charge is -2.17. The fourth-order valence-electron chi connectivity index (χ4n) is 0.749. The summed E-state index contributed by atoms with van der Waals surface area (Å²) in [4.78, 5) is 20.6. The Morgan fingerprint density at radius 3 is 2.50 bits per heavy atom. The Kier molecular flexibility index (Phi) is 8.01. The molecule has 0 heterocycles. The molecule has 0 fully saturated rings. The molecule has 8 heteroatoms. The van der Waals surface area contributed by atoms with Crippen molar-refractivity contribution in [1.82, 2.24) is 5.32 Å². The maximum atomic E-state index is 12.1. The van der Waals surface area contributed by atoms with Gasteiger partial charge in [-0.2, -0.15) is 0 Å². The first-order valence-corrected chi connectivity index (χ1v) is 5.36. The molecule has 0 saturated carbocycles. The van der Waals surface area contributed by atoms with Gasteiger partial charge in [0.1, 0.15) is 0 Å². The molecule has 1 unspecified atom stereocenters. The van der Waals surface area contributed by atoms with Gasteiger partial charge in [0, 0.05) is 6.42 Å². The lowest BCUT2D eigenvalue weighted by atomic mass is 10.4. The zero-order valence-electron chi connectivity index (χ0n) is 8.54. The van der Waals surface area contributed by atoms with Crippen molar-refractivity contribution in [3.63, 3.8) is 0 Å². The number of hydrogen-bond donors (Lipinski definition) is 1. The van der Waals surface area contributed by atoms with Crippen LogP contribution in [0.25, 0.3) is 0 Å². The molecule has 0 aromatic heterocycles. The molecule has 1 amide bonds. The van der Waals surface area contributed by atoms with Crippen molar-refractivity contribution in [2.24, 2.45) is 0 Å². The third kappa shape index (κ3) is 6.68. The van der Waals surface area contributed by atoms with E-state index in [9.17, 15) is 14.0 Å². The molecule has 16 heavy (non-hydrogen) atoms. The summed E-state index contributed by atoms with van der Waals surface area (Å²) in [6, 6.07) is 0. The van der Waals surface area contributed by atoms with Gasteiger partial charge in [-0.1, -0.05) is 23.2 Å². The Morgan fingerprint density at radius 1 is 1.44 bits per heavy atom. The van der Waals surface area contributed by atoms with Crippen LogP contribution >= 0.6 is 23.2 Å². The van der Waals surface area contributed by atoms with Gasteiger partial charge in [0.2, 0.25) is 0 Å². The highest BCUT2D eigenvalue weighted by Crippen LogP contribution is 2.04. The summed E-state index contributed by atoms with van der Waals surface area (Å²) >= 11 is 10.5. The molecule has 0 rings (SSSR count). The van der Waals surface area contributed by atoms with E-state index in [1.54, 1.807) is 6.92 Å². The highest BCUT2D eigenvalue weighted by molar-refractivity contribution is 6.53. The van der Waals surface area contributed by atoms with E-state index < -0.39 is 29.8 Å². The summed E-state index contributed by atoms with van der Waals surface area (Å²) in [7, 11) is 0. The predicted molar refractivity (Wildman–Crippen MR) is 56.1 cm³/mol. The van der Waals surface area contributed by atoms with Gasteiger partial charge in [-0.15, -0.1) is 0 Å². The van der Waals surface area contributed by atoms with E-state index in [1.165, 1.54) is 0 Å². The van der Waals surface area contributed by atoms with E-state index in [0.717, 1.165) is 0 Å². The van der Waals surface area contributed by atoms with Gasteiger partial charge in [-0.05, 0) is 6.92 Å². The Hall–Kier alpha value is -0.750. The molecule has 0 aromatic rings. The summed E-state index contributed by atoms with van der Waals surface area (Å²) in [5, 5.41) is 2.14. The van der Waals surface area contributed by atoms with Crippen molar-refractivity contribution in [2.45, 2.75) is 24.4 Å². The number of alkyl halides is 3. The molecule has 0 saturated heterocycles. The van der Waals surface area contributed by atoms with E-state index in [1.807, 2.05) is 0 Å². The Morgan fingerprint density at radius 2 is 2.06 bits per heavy atom. The SMILES string of the molecule is CCOC(=O)OC(CCF)NC(=O)C(Cl)Cl. The minimum Gasteiger partial charge on any atom is -0.435 e. The zero-order chi connectivity index (χ0) is 12.6. The lowest BCUT2D eigenvalue weighted by Crippen LogP contribution is -2.41. The van der Waals surface area contributed by atoms with Gasteiger partial charge in [0.25, 0.3) is 5.91 Å². The van der Waals surface area contributed by atoms with Gasteiger partial charge in [0.15, 0.2) is 11.1 Å². The monoisotopic (exact) mass is 275 g/mol. The average Bonchev–Trinajstić information content (AvgIpc) is 2.17. The lowest BCUT2D eigenvalue weighted by molar-refractivity contribution is -0.123. The van der Waals surface area contributed by atoms with Crippen LogP contribution in [0.1, 0.15) is 13.3 Å². The van der Waals surface area contributed by atoms with Crippen molar-refractivity contribution in [3.05, 3.63) is 0 Å². The van der Waals surface area contributed by atoms with Crippen LogP contribution < -0.4 is 5.32 Å². The Balaban J connectivity index is 4.16. The van der Waals surface area contributed by atoms with Crippen LogP contribution in [-0.4, -0.2) is 36.4 Å². The molecule has 0 aliphatic rings. The average molecular weight is 276 g/mol. The molecular formula is C8H12Cl2FNO4. The molecule has 5 nitrogen and oxygen atoms in total. The first-order chi connectivity index (χ1) is 7.51. The molecule has 0 aromatic carbocycles. The Bertz CT molecular complexity index is 240. The second kappa shape index (κ2) is 8.41. The van der Waals surface area contributed by atoms with E-state index in [2.05, 4.69) is 14.8 Å². The van der Waals surface area contributed by atoms with Gasteiger partial charge in [-0.3, -0.25) is 9.18 Å². The van der Waals surface area contributed by atoms with Gasteiger partial charge >= 0.3 is 6.16 Å². The molecule has 0 spiro atoms. The van der Waals surface area contributed by atoms with Crippen molar-refractivity contribution in [1.29, 1.82) is 0 Å². The molecular weight excluding hydrogens is 264 g/mol. The summed E-state index contributed by atoms with van der Waals surface area (Å²) in [5.41, 5.74) is 0. The third-order valence-electron chi connectivity index (χ3n) is 1.37. The van der Waals surface area contributed by atoms with Crippen molar-refractivity contribution >= 4 is 35.3 Å². The van der Waals surface area contributed by atoms with Crippen LogP contribution in [0.2, 0.25) is 0 Å². The summed E-state index contributed by atoms with van der Waals surface area (Å²) in [6.07, 6.45) is -2.34. The fourth-order valence-corrected chi connectivity index (χ4v) is 0.875. The molecule has 0 aliphatic heterocycles. The quantitative estimate of drug-likeness (QED) is 0.456. The first kappa shape index (κ1) is 15.2. The molecule has 1 N–H and O–H groups in total. The van der Waals surface area contributed by atoms with E-state index >= 15 is 0 Å². The maximum absolute atomic E-state index is 12.1. The number of halogens is 3. The van der Waals surface area contributed by atoms with Crippen molar-refractivity contribution in [2.75, 3.05) is 13.3 Å². The topological polar surface area (TPSA) is 64.6 Å². The minimum atomic E-state index is -1.31. The highest BCUT2D eigenvalue weighted by Gasteiger charge is 2.20. The first-order valence-electron chi connectivity index (χ1n) is 4.49. The van der Waals surface area contributed by atoms with Crippen LogP contribution in [-0.2, 0) is 14.3 Å². The number of rotatable bonds is 6. The van der Waals surface area contributed by atoms with Crippen LogP contribution in [0.3, 0.4) is 0 Å². The van der Waals surface area contributed by atoms with Gasteiger partial charge in [0.05, 0.1) is 13.3 Å². The largest absolute Gasteiger partial charge is 0.510 e. The third-order valence-corrected chi connectivity index (χ3v) is 1.77. The van der Waals surface area contributed by atoms with Gasteiger partial charge in [-0.25, -0.2) is 4.79 Å². The number of carbonyl (C=O) groups excluding carboxylic acids is 2. The molecule has 0 radical (unpaired) electrons. The van der Waals surface area contributed by atoms with E-state index in [4.69, 9.17) is 23.2 Å². The Labute approximate surface area is 102 Å². The smallest absolute Gasteiger partial charge is 0.435 e. The molecule has 94 valence electrons. The summed E-state index contributed by atoms with van der Waals surface area (Å²) < 4.78 is 21.1. The molecule has 0 bridgehead atoms. The van der Waals surface area contributed by atoms with Crippen LogP contribution in [0, 0.1) is 0 Å². The number of amides is 1. The fraction of sp³-hybridized carbons (Fsp3) is 0.750. The minimum absolute atomic E-state index is 0.114. The van der Waals surface area contributed by atoms with Crippen molar-refractivity contribution < 1.29 is 23.5 Å². The summed E-state index contributed by atoms with van der Waals surface area (Å²) in [5.74, 6) is -0.772. The predicted octanol–water partition coefficient (Wildman–Crippen LogP) is 1.77. The van der Waals surface area contributed by atoms with Crippen LogP contribution in [0.4, 0.5) is 9.18 Å². The highest BCUT2D eigenvalue weighted by atomic mass is 35.5. The van der Waals surface area contributed by atoms with Crippen molar-refractivity contribution in [3.8, 4) is 0 Å². The normalized spacial score (nSPS) is 12.1. The van der Waals surface area contributed by atoms with Crippen LogP contribution in [0.15, 0.2) is 0 Å². The maximum Gasteiger partial charge on any atom is 0.510 e. The zero-order valence-corrected chi connectivity index (χ0v) is 10.1.